The standard InChI is InChI=1S/C17H13N5O2/c18-16-11-6-2-3-7-12(11)19-14(20-16)9-24-17(23)15-10-5-1-4-8-13(10)21-22-15/h1-8H,9H2,(H,21,22)(H2,18,19,20). The number of hydrogen-bond donors (Lipinski definition) is 2. The second-order valence-electron chi connectivity index (χ2n) is 5.24. The van der Waals surface area contributed by atoms with Crippen LogP contribution in [0.4, 0.5) is 5.82 Å². The summed E-state index contributed by atoms with van der Waals surface area (Å²) < 4.78 is 5.28. The Hall–Kier alpha value is -3.48. The third-order valence-corrected chi connectivity index (χ3v) is 3.68. The molecule has 0 amide bonds. The molecule has 0 bridgehead atoms. The van der Waals surface area contributed by atoms with Crippen LogP contribution in [0.15, 0.2) is 48.5 Å². The van der Waals surface area contributed by atoms with E-state index in [1.54, 1.807) is 6.07 Å². The van der Waals surface area contributed by atoms with Crippen LogP contribution in [0.2, 0.25) is 0 Å². The summed E-state index contributed by atoms with van der Waals surface area (Å²) in [7, 11) is 0. The summed E-state index contributed by atoms with van der Waals surface area (Å²) in [4.78, 5) is 20.8. The Morgan fingerprint density at radius 2 is 1.79 bits per heavy atom. The molecular weight excluding hydrogens is 306 g/mol. The van der Waals surface area contributed by atoms with Gasteiger partial charge in [0.2, 0.25) is 0 Å². The van der Waals surface area contributed by atoms with Crippen molar-refractivity contribution in [3.05, 3.63) is 60.0 Å². The number of nitrogens with zero attached hydrogens (tertiary/aromatic N) is 3. The topological polar surface area (TPSA) is 107 Å². The molecule has 0 spiro atoms. The second kappa shape index (κ2) is 5.62. The van der Waals surface area contributed by atoms with Gasteiger partial charge < -0.3 is 10.5 Å². The lowest BCUT2D eigenvalue weighted by Gasteiger charge is -2.06. The van der Waals surface area contributed by atoms with Gasteiger partial charge in [0.05, 0.1) is 11.0 Å². The first-order valence-corrected chi connectivity index (χ1v) is 7.34. The second-order valence-corrected chi connectivity index (χ2v) is 5.24. The number of nitrogen functional groups attached to an aromatic ring is 1. The van der Waals surface area contributed by atoms with Gasteiger partial charge in [0.15, 0.2) is 18.1 Å². The predicted molar refractivity (Wildman–Crippen MR) is 89.2 cm³/mol. The summed E-state index contributed by atoms with van der Waals surface area (Å²) in [6, 6.07) is 14.7. The summed E-state index contributed by atoms with van der Waals surface area (Å²) in [6.07, 6.45) is 0. The van der Waals surface area contributed by atoms with E-state index in [2.05, 4.69) is 20.2 Å². The van der Waals surface area contributed by atoms with E-state index in [1.165, 1.54) is 0 Å². The average Bonchev–Trinajstić information content (AvgIpc) is 3.04. The Morgan fingerprint density at radius 3 is 2.67 bits per heavy atom. The number of fused-ring (bicyclic) bond motifs is 2. The minimum atomic E-state index is -0.539. The lowest BCUT2D eigenvalue weighted by Crippen LogP contribution is -2.09. The van der Waals surface area contributed by atoms with Gasteiger partial charge in [0.1, 0.15) is 5.82 Å². The maximum Gasteiger partial charge on any atom is 0.359 e. The number of nitrogens with one attached hydrogen (secondary N) is 1. The van der Waals surface area contributed by atoms with Crippen LogP contribution in [0.3, 0.4) is 0 Å². The third kappa shape index (κ3) is 2.41. The SMILES string of the molecule is Nc1nc(COC(=O)c2n[nH]c3ccccc23)nc2ccccc12. The monoisotopic (exact) mass is 319 g/mol. The molecule has 0 aliphatic heterocycles. The molecule has 0 atom stereocenters. The van der Waals surface area contributed by atoms with E-state index in [1.807, 2.05) is 42.5 Å². The van der Waals surface area contributed by atoms with Gasteiger partial charge in [-0.2, -0.15) is 5.10 Å². The maximum atomic E-state index is 12.3. The van der Waals surface area contributed by atoms with Crippen molar-refractivity contribution in [1.29, 1.82) is 0 Å². The fourth-order valence-corrected chi connectivity index (χ4v) is 2.53. The van der Waals surface area contributed by atoms with E-state index in [4.69, 9.17) is 10.5 Å². The van der Waals surface area contributed by atoms with Crippen molar-refractivity contribution in [3.63, 3.8) is 0 Å². The fraction of sp³-hybridized carbons (Fsp3) is 0.0588. The number of para-hydroxylation sites is 2. The minimum absolute atomic E-state index is 0.0744. The number of hydrogen-bond acceptors (Lipinski definition) is 6. The number of carbonyl (C=O) groups is 1. The van der Waals surface area contributed by atoms with Crippen molar-refractivity contribution in [3.8, 4) is 0 Å². The predicted octanol–water partition coefficient (Wildman–Crippen LogP) is 2.45. The lowest BCUT2D eigenvalue weighted by molar-refractivity contribution is 0.0458. The molecule has 0 radical (unpaired) electrons. The molecule has 2 aromatic carbocycles. The van der Waals surface area contributed by atoms with Gasteiger partial charge in [-0.15, -0.1) is 0 Å². The highest BCUT2D eigenvalue weighted by atomic mass is 16.5. The van der Waals surface area contributed by atoms with Gasteiger partial charge in [0.25, 0.3) is 0 Å². The molecule has 4 rings (SSSR count). The van der Waals surface area contributed by atoms with Crippen molar-refractivity contribution in [2.45, 2.75) is 6.61 Å². The third-order valence-electron chi connectivity index (χ3n) is 3.68. The molecule has 0 unspecified atom stereocenters. The van der Waals surface area contributed by atoms with Crippen molar-refractivity contribution >= 4 is 33.6 Å². The normalized spacial score (nSPS) is 11.0. The van der Waals surface area contributed by atoms with E-state index in [9.17, 15) is 4.79 Å². The molecule has 0 saturated heterocycles. The van der Waals surface area contributed by atoms with Crippen LogP contribution in [-0.4, -0.2) is 26.1 Å². The number of anilines is 1. The van der Waals surface area contributed by atoms with Crippen LogP contribution >= 0.6 is 0 Å². The van der Waals surface area contributed by atoms with Gasteiger partial charge in [-0.25, -0.2) is 14.8 Å². The Kier molecular flexibility index (Phi) is 3.31. The van der Waals surface area contributed by atoms with Crippen LogP contribution in [0.25, 0.3) is 21.8 Å². The maximum absolute atomic E-state index is 12.3. The lowest BCUT2D eigenvalue weighted by atomic mass is 10.2. The molecular formula is C17H13N5O2. The first-order chi connectivity index (χ1) is 11.7. The largest absolute Gasteiger partial charge is 0.453 e. The summed E-state index contributed by atoms with van der Waals surface area (Å²) in [5.41, 5.74) is 7.64. The van der Waals surface area contributed by atoms with Crippen LogP contribution in [-0.2, 0) is 11.3 Å². The van der Waals surface area contributed by atoms with E-state index in [0.717, 1.165) is 10.9 Å². The van der Waals surface area contributed by atoms with Crippen LogP contribution in [0.1, 0.15) is 16.3 Å². The molecule has 0 saturated carbocycles. The molecule has 2 heterocycles. The van der Waals surface area contributed by atoms with Gasteiger partial charge in [-0.3, -0.25) is 5.10 Å². The zero-order chi connectivity index (χ0) is 16.5. The Labute approximate surface area is 136 Å². The number of rotatable bonds is 3. The van der Waals surface area contributed by atoms with Gasteiger partial charge >= 0.3 is 5.97 Å². The molecule has 118 valence electrons. The summed E-state index contributed by atoms with van der Waals surface area (Å²) in [6.45, 7) is -0.0744. The molecule has 0 aliphatic carbocycles. The van der Waals surface area contributed by atoms with Crippen molar-refractivity contribution < 1.29 is 9.53 Å². The van der Waals surface area contributed by atoms with E-state index >= 15 is 0 Å². The number of benzene rings is 2. The molecule has 7 nitrogen and oxygen atoms in total. The van der Waals surface area contributed by atoms with Gasteiger partial charge in [0, 0.05) is 10.8 Å². The molecule has 0 fully saturated rings. The van der Waals surface area contributed by atoms with Crippen LogP contribution in [0, 0.1) is 0 Å². The van der Waals surface area contributed by atoms with E-state index in [0.29, 0.717) is 22.5 Å². The minimum Gasteiger partial charge on any atom is -0.453 e. The number of carbonyl (C=O) groups excluding carboxylic acids is 1. The number of ether oxygens (including phenoxy) is 1. The highest BCUT2D eigenvalue weighted by Crippen LogP contribution is 2.19. The molecule has 0 aliphatic rings. The highest BCUT2D eigenvalue weighted by molar-refractivity contribution is 6.01. The van der Waals surface area contributed by atoms with Crippen LogP contribution in [0.5, 0.6) is 0 Å². The number of esters is 1. The Morgan fingerprint density at radius 1 is 1.04 bits per heavy atom. The first-order valence-electron chi connectivity index (χ1n) is 7.34. The van der Waals surface area contributed by atoms with Gasteiger partial charge in [-0.05, 0) is 18.2 Å². The number of aromatic nitrogens is 4. The zero-order valence-corrected chi connectivity index (χ0v) is 12.6. The highest BCUT2D eigenvalue weighted by Gasteiger charge is 2.16. The van der Waals surface area contributed by atoms with Crippen molar-refractivity contribution in [2.75, 3.05) is 5.73 Å². The van der Waals surface area contributed by atoms with Gasteiger partial charge in [-0.1, -0.05) is 30.3 Å². The molecule has 7 heteroatoms. The smallest absolute Gasteiger partial charge is 0.359 e. The summed E-state index contributed by atoms with van der Waals surface area (Å²) in [5, 5.41) is 8.29. The number of aromatic amines is 1. The molecule has 3 N–H and O–H groups in total. The molecule has 2 aromatic heterocycles. The molecule has 4 aromatic rings. The summed E-state index contributed by atoms with van der Waals surface area (Å²) in [5.74, 6) is 0.166. The van der Waals surface area contributed by atoms with Crippen molar-refractivity contribution in [2.24, 2.45) is 0 Å². The zero-order valence-electron chi connectivity index (χ0n) is 12.6. The number of H-pyrrole nitrogens is 1. The Balaban J connectivity index is 1.57. The molecule has 24 heavy (non-hydrogen) atoms. The Bertz CT molecular complexity index is 1060. The van der Waals surface area contributed by atoms with Crippen molar-refractivity contribution in [1.82, 2.24) is 20.2 Å². The fourth-order valence-electron chi connectivity index (χ4n) is 2.53. The quantitative estimate of drug-likeness (QED) is 0.562. The van der Waals surface area contributed by atoms with E-state index in [-0.39, 0.29) is 12.3 Å². The number of nitrogens with two attached hydrogens (primary N) is 1. The van der Waals surface area contributed by atoms with Crippen LogP contribution < -0.4 is 5.73 Å². The summed E-state index contributed by atoms with van der Waals surface area (Å²) >= 11 is 0. The first kappa shape index (κ1) is 14.1. The average molecular weight is 319 g/mol. The van der Waals surface area contributed by atoms with E-state index < -0.39 is 5.97 Å².